The molecular formula is C33H40O7. The van der Waals surface area contributed by atoms with E-state index in [1.54, 1.807) is 13.8 Å². The number of rotatable bonds is 17. The van der Waals surface area contributed by atoms with Crippen LogP contribution in [-0.2, 0) is 38.9 Å². The second-order valence-electron chi connectivity index (χ2n) is 9.04. The standard InChI is InChI=1S/C33H40O7/c1-4-36-25-26-39-32(30(34)37-5-2,31(35)38-6-3)23-16-24-40-33(27-17-10-7-11-18-27,28-19-12-8-13-20-28)29-21-14-9-15-22-29/h7-15,17-22H,4-6,16,23-26H2,1-3H3. The molecule has 0 unspecified atom stereocenters. The third-order valence-corrected chi connectivity index (χ3v) is 6.52. The Morgan fingerprint density at radius 3 is 1.43 bits per heavy atom. The highest BCUT2D eigenvalue weighted by atomic mass is 16.6. The van der Waals surface area contributed by atoms with Crippen molar-refractivity contribution >= 4 is 11.9 Å². The Balaban J connectivity index is 1.94. The van der Waals surface area contributed by atoms with Gasteiger partial charge in [0.05, 0.1) is 26.4 Å². The van der Waals surface area contributed by atoms with Crippen LogP contribution in [-0.4, -0.2) is 57.2 Å². The highest BCUT2D eigenvalue weighted by Gasteiger charge is 2.50. The molecule has 3 aromatic carbocycles. The van der Waals surface area contributed by atoms with Gasteiger partial charge in [-0.1, -0.05) is 91.0 Å². The molecule has 0 aliphatic rings. The van der Waals surface area contributed by atoms with Gasteiger partial charge in [0.2, 0.25) is 0 Å². The lowest BCUT2D eigenvalue weighted by Gasteiger charge is -2.36. The van der Waals surface area contributed by atoms with Gasteiger partial charge < -0.3 is 23.7 Å². The fourth-order valence-corrected chi connectivity index (χ4v) is 4.71. The normalized spacial score (nSPS) is 11.7. The lowest BCUT2D eigenvalue weighted by atomic mass is 9.80. The summed E-state index contributed by atoms with van der Waals surface area (Å²) in [6.45, 7) is 6.41. The smallest absolute Gasteiger partial charge is 0.350 e. The summed E-state index contributed by atoms with van der Waals surface area (Å²) in [5.74, 6) is -1.55. The van der Waals surface area contributed by atoms with Crippen LogP contribution < -0.4 is 0 Å². The molecule has 3 rings (SSSR count). The average molecular weight is 549 g/mol. The summed E-state index contributed by atoms with van der Waals surface area (Å²) in [5, 5.41) is 0. The largest absolute Gasteiger partial charge is 0.463 e. The summed E-state index contributed by atoms with van der Waals surface area (Å²) in [5.41, 5.74) is 0.0459. The van der Waals surface area contributed by atoms with Crippen molar-refractivity contribution in [2.75, 3.05) is 39.6 Å². The van der Waals surface area contributed by atoms with Gasteiger partial charge in [-0.15, -0.1) is 0 Å². The molecule has 0 heterocycles. The van der Waals surface area contributed by atoms with Gasteiger partial charge in [-0.2, -0.15) is 0 Å². The molecule has 0 radical (unpaired) electrons. The van der Waals surface area contributed by atoms with E-state index >= 15 is 0 Å². The van der Waals surface area contributed by atoms with Gasteiger partial charge in [0, 0.05) is 19.6 Å². The molecule has 0 N–H and O–H groups in total. The van der Waals surface area contributed by atoms with E-state index in [-0.39, 0.29) is 39.5 Å². The molecule has 0 spiro atoms. The Kier molecular flexibility index (Phi) is 12.3. The Bertz CT molecular complexity index is 1030. The molecule has 40 heavy (non-hydrogen) atoms. The molecule has 0 amide bonds. The first kappa shape index (κ1) is 31.0. The molecule has 3 aromatic rings. The first-order chi connectivity index (χ1) is 19.5. The maximum atomic E-state index is 13.2. The molecule has 0 atom stereocenters. The molecule has 214 valence electrons. The third-order valence-electron chi connectivity index (χ3n) is 6.52. The van der Waals surface area contributed by atoms with Gasteiger partial charge in [0.15, 0.2) is 0 Å². The molecule has 0 fully saturated rings. The number of hydrogen-bond donors (Lipinski definition) is 0. The lowest BCUT2D eigenvalue weighted by molar-refractivity contribution is -0.194. The van der Waals surface area contributed by atoms with Crippen molar-refractivity contribution in [3.05, 3.63) is 108 Å². The monoisotopic (exact) mass is 548 g/mol. The summed E-state index contributed by atoms with van der Waals surface area (Å²) in [6, 6.07) is 30.1. The van der Waals surface area contributed by atoms with Crippen LogP contribution in [0.15, 0.2) is 91.0 Å². The summed E-state index contributed by atoms with van der Waals surface area (Å²) < 4.78 is 28.7. The van der Waals surface area contributed by atoms with Crippen molar-refractivity contribution in [1.82, 2.24) is 0 Å². The van der Waals surface area contributed by atoms with Crippen LogP contribution in [0.1, 0.15) is 50.3 Å². The van der Waals surface area contributed by atoms with Crippen LogP contribution in [0, 0.1) is 0 Å². The zero-order valence-electron chi connectivity index (χ0n) is 23.7. The van der Waals surface area contributed by atoms with E-state index in [0.717, 1.165) is 16.7 Å². The number of carbonyl (C=O) groups excluding carboxylic acids is 2. The van der Waals surface area contributed by atoms with Crippen LogP contribution in [0.2, 0.25) is 0 Å². The van der Waals surface area contributed by atoms with Crippen molar-refractivity contribution in [3.8, 4) is 0 Å². The van der Waals surface area contributed by atoms with Gasteiger partial charge >= 0.3 is 11.9 Å². The minimum atomic E-state index is -1.92. The van der Waals surface area contributed by atoms with Crippen molar-refractivity contribution in [3.63, 3.8) is 0 Å². The van der Waals surface area contributed by atoms with Crippen LogP contribution in [0.5, 0.6) is 0 Å². The van der Waals surface area contributed by atoms with E-state index in [9.17, 15) is 9.59 Å². The molecular weight excluding hydrogens is 508 g/mol. The molecule has 7 heteroatoms. The van der Waals surface area contributed by atoms with E-state index in [0.29, 0.717) is 13.0 Å². The molecule has 7 nitrogen and oxygen atoms in total. The van der Waals surface area contributed by atoms with Gasteiger partial charge in [-0.25, -0.2) is 9.59 Å². The average Bonchev–Trinajstić information content (AvgIpc) is 3.00. The van der Waals surface area contributed by atoms with Crippen LogP contribution in [0.25, 0.3) is 0 Å². The van der Waals surface area contributed by atoms with E-state index in [1.165, 1.54) is 0 Å². The van der Waals surface area contributed by atoms with Gasteiger partial charge in [0.25, 0.3) is 5.60 Å². The number of hydrogen-bond acceptors (Lipinski definition) is 7. The molecule has 0 bridgehead atoms. The fourth-order valence-electron chi connectivity index (χ4n) is 4.71. The molecule has 0 aromatic heterocycles. The molecule has 0 saturated heterocycles. The lowest BCUT2D eigenvalue weighted by Crippen LogP contribution is -2.52. The van der Waals surface area contributed by atoms with Crippen molar-refractivity contribution in [2.45, 2.75) is 44.8 Å². The predicted molar refractivity (Wildman–Crippen MR) is 153 cm³/mol. The fraction of sp³-hybridized carbons (Fsp3) is 0.394. The van der Waals surface area contributed by atoms with Crippen molar-refractivity contribution in [2.24, 2.45) is 0 Å². The summed E-state index contributed by atoms with van der Waals surface area (Å²) >= 11 is 0. The zero-order valence-corrected chi connectivity index (χ0v) is 23.7. The topological polar surface area (TPSA) is 80.3 Å². The highest BCUT2D eigenvalue weighted by molar-refractivity contribution is 6.03. The second kappa shape index (κ2) is 15.9. The predicted octanol–water partition coefficient (Wildman–Crippen LogP) is 5.69. The van der Waals surface area contributed by atoms with Crippen LogP contribution in [0.4, 0.5) is 0 Å². The van der Waals surface area contributed by atoms with Crippen molar-refractivity contribution in [1.29, 1.82) is 0 Å². The second-order valence-corrected chi connectivity index (χ2v) is 9.04. The maximum Gasteiger partial charge on any atom is 0.350 e. The minimum absolute atomic E-state index is 0.0191. The number of carbonyl (C=O) groups is 2. The summed E-state index contributed by atoms with van der Waals surface area (Å²) in [4.78, 5) is 26.3. The number of benzene rings is 3. The zero-order chi connectivity index (χ0) is 28.7. The first-order valence-corrected chi connectivity index (χ1v) is 13.9. The van der Waals surface area contributed by atoms with E-state index in [1.807, 2.05) is 97.9 Å². The quantitative estimate of drug-likeness (QED) is 0.0927. The highest BCUT2D eigenvalue weighted by Crippen LogP contribution is 2.40. The summed E-state index contributed by atoms with van der Waals surface area (Å²) in [7, 11) is 0. The van der Waals surface area contributed by atoms with Crippen LogP contribution >= 0.6 is 0 Å². The van der Waals surface area contributed by atoms with E-state index in [2.05, 4.69) is 0 Å². The Labute approximate surface area is 237 Å². The maximum absolute atomic E-state index is 13.2. The van der Waals surface area contributed by atoms with Crippen LogP contribution in [0.3, 0.4) is 0 Å². The molecule has 0 saturated carbocycles. The van der Waals surface area contributed by atoms with E-state index in [4.69, 9.17) is 23.7 Å². The van der Waals surface area contributed by atoms with E-state index < -0.39 is 23.1 Å². The number of esters is 2. The Morgan fingerprint density at radius 2 is 1.02 bits per heavy atom. The van der Waals surface area contributed by atoms with Crippen molar-refractivity contribution < 1.29 is 33.3 Å². The SMILES string of the molecule is CCOCCOC(CCCOC(c1ccccc1)(c1ccccc1)c1ccccc1)(C(=O)OCC)C(=O)OCC. The Hall–Kier alpha value is -3.52. The van der Waals surface area contributed by atoms with Gasteiger partial charge in [0.1, 0.15) is 5.60 Å². The molecule has 0 aliphatic heterocycles. The summed E-state index contributed by atoms with van der Waals surface area (Å²) in [6.07, 6.45) is 0.339. The Morgan fingerprint density at radius 1 is 0.575 bits per heavy atom. The van der Waals surface area contributed by atoms with Gasteiger partial charge in [-0.3, -0.25) is 0 Å². The molecule has 0 aliphatic carbocycles. The number of ether oxygens (including phenoxy) is 5. The van der Waals surface area contributed by atoms with Gasteiger partial charge in [-0.05, 0) is 43.9 Å². The minimum Gasteiger partial charge on any atom is -0.463 e. The third kappa shape index (κ3) is 7.36. The first-order valence-electron chi connectivity index (χ1n) is 13.9.